The number of aliphatic hydroxyl groups is 1. The number of aromatic nitrogens is 2. The van der Waals surface area contributed by atoms with Gasteiger partial charge in [0.2, 0.25) is 5.91 Å². The van der Waals surface area contributed by atoms with Gasteiger partial charge in [-0.1, -0.05) is 12.8 Å². The molecule has 3 heterocycles. The van der Waals surface area contributed by atoms with Crippen molar-refractivity contribution >= 4 is 40.3 Å². The van der Waals surface area contributed by atoms with Crippen molar-refractivity contribution < 1.29 is 57.8 Å². The number of ether oxygens (including phenoxy) is 2. The number of nitrogens with one attached hydrogen (secondary N) is 2. The Morgan fingerprint density at radius 1 is 1.08 bits per heavy atom. The minimum Gasteiger partial charge on any atom is -0.394 e. The number of phosphoric acid groups is 2. The van der Waals surface area contributed by atoms with Crippen LogP contribution in [0.15, 0.2) is 21.9 Å². The van der Waals surface area contributed by atoms with Crippen LogP contribution >= 0.6 is 28.3 Å². The van der Waals surface area contributed by atoms with E-state index in [0.29, 0.717) is 25.9 Å². The smallest absolute Gasteiger partial charge is 0.394 e. The molecule has 0 aromatic carbocycles. The Bertz CT molecular complexity index is 1500. The number of rotatable bonds is 25. The quantitative estimate of drug-likeness (QED) is 0.0321. The van der Waals surface area contributed by atoms with Crippen LogP contribution in [0.4, 0.5) is 0 Å². The van der Waals surface area contributed by atoms with Gasteiger partial charge in [0.15, 0.2) is 0 Å². The molecule has 1 aromatic rings. The van der Waals surface area contributed by atoms with Crippen molar-refractivity contribution in [3.05, 3.63) is 38.7 Å². The van der Waals surface area contributed by atoms with E-state index in [9.17, 15) is 38.4 Å². The molecule has 2 aliphatic rings. The Morgan fingerprint density at radius 2 is 1.80 bits per heavy atom. The molecule has 2 fully saturated rings. The van der Waals surface area contributed by atoms with Crippen LogP contribution in [-0.2, 0) is 48.0 Å². The second kappa shape index (κ2) is 22.5. The number of thiol groups is 1. The predicted octanol–water partition coefficient (Wildman–Crippen LogP) is 1.62. The number of aliphatic hydroxyl groups excluding tert-OH is 1. The van der Waals surface area contributed by atoms with Gasteiger partial charge >= 0.3 is 21.3 Å². The summed E-state index contributed by atoms with van der Waals surface area (Å²) in [6.45, 7) is -0.997. The number of nitrogens with two attached hydrogens (primary N) is 1. The van der Waals surface area contributed by atoms with Gasteiger partial charge in [0.1, 0.15) is 12.2 Å². The van der Waals surface area contributed by atoms with Crippen LogP contribution in [0, 0.1) is 0 Å². The van der Waals surface area contributed by atoms with E-state index in [-0.39, 0.29) is 51.0 Å². The number of unbranched alkanes of at least 4 members (excludes halogenated alkanes) is 4. The molecule has 0 spiro atoms. The fraction of sp³-hybridized carbons (Fsp3) is 0.767. The zero-order valence-electron chi connectivity index (χ0n) is 29.4. The highest BCUT2D eigenvalue weighted by Gasteiger charge is 2.43. The highest BCUT2D eigenvalue weighted by Crippen LogP contribution is 2.50. The van der Waals surface area contributed by atoms with Crippen molar-refractivity contribution in [2.24, 2.45) is 5.73 Å². The first-order chi connectivity index (χ1) is 24.8. The average Bonchev–Trinajstić information content (AvgIpc) is 3.63. The van der Waals surface area contributed by atoms with Crippen LogP contribution in [0.1, 0.15) is 71.1 Å². The first kappa shape index (κ1) is 42.0. The normalized spacial score (nSPS) is 26.3. The van der Waals surface area contributed by atoms with Crippen LogP contribution in [0.3, 0.4) is 0 Å². The van der Waals surface area contributed by atoms with Crippen LogP contribution in [0.5, 0.6) is 0 Å². The molecule has 2 aliphatic heterocycles. The Kier molecular flexibility index (Phi) is 18.6. The van der Waals surface area contributed by atoms with Gasteiger partial charge in [-0.15, -0.1) is 0 Å². The Balaban J connectivity index is 1.66. The molecule has 21 heteroatoms. The van der Waals surface area contributed by atoms with E-state index in [2.05, 4.69) is 22.9 Å². The number of phosphoric ester groups is 2. The van der Waals surface area contributed by atoms with E-state index >= 15 is 0 Å². The van der Waals surface area contributed by atoms with Crippen molar-refractivity contribution in [1.82, 2.24) is 14.9 Å². The summed E-state index contributed by atoms with van der Waals surface area (Å²) in [7, 11) is -9.15. The molecule has 1 aromatic heterocycles. The van der Waals surface area contributed by atoms with Crippen LogP contribution < -0.4 is 22.3 Å². The minimum absolute atomic E-state index is 0.0120. The highest BCUT2D eigenvalue weighted by molar-refractivity contribution is 7.80. The topological polar surface area (TPSA) is 260 Å². The lowest BCUT2D eigenvalue weighted by Gasteiger charge is -2.24. The van der Waals surface area contributed by atoms with Crippen molar-refractivity contribution in [1.29, 1.82) is 0 Å². The first-order valence-corrected chi connectivity index (χ1v) is 20.6. The number of hydrogen-bond donors (Lipinski definition) is 7. The summed E-state index contributed by atoms with van der Waals surface area (Å²) < 4.78 is 66.6. The van der Waals surface area contributed by atoms with Crippen LogP contribution in [-0.4, -0.2) is 106 Å². The lowest BCUT2D eigenvalue weighted by atomic mass is 10.1. The van der Waals surface area contributed by atoms with E-state index < -0.39 is 76.5 Å². The summed E-state index contributed by atoms with van der Waals surface area (Å²) in [5, 5.41) is 12.2. The number of hydrogen-bond acceptors (Lipinski definition) is 14. The van der Waals surface area contributed by atoms with Gasteiger partial charge in [0.05, 0.1) is 51.6 Å². The number of amides is 1. The molecule has 0 aliphatic carbocycles. The minimum atomic E-state index is -4.82. The first-order valence-electron chi connectivity index (χ1n) is 17.6. The largest absolute Gasteiger partial charge is 0.472 e. The van der Waals surface area contributed by atoms with Gasteiger partial charge in [0, 0.05) is 38.2 Å². The summed E-state index contributed by atoms with van der Waals surface area (Å²) in [6.07, 6.45) is 3.72. The highest BCUT2D eigenvalue weighted by atomic mass is 32.1. The number of H-pyrrole nitrogens is 1. The monoisotopic (exact) mass is 788 g/mol. The van der Waals surface area contributed by atoms with Crippen molar-refractivity contribution in [3.63, 3.8) is 0 Å². The summed E-state index contributed by atoms with van der Waals surface area (Å²) in [4.78, 5) is 60.2. The molecule has 8 atom stereocenters. The van der Waals surface area contributed by atoms with E-state index in [1.807, 2.05) is 0 Å². The molecular formula is C30H52N4O14P2S. The molecule has 0 radical (unpaired) electrons. The fourth-order valence-electron chi connectivity index (χ4n) is 5.39. The maximum Gasteiger partial charge on any atom is 0.472 e. The molecule has 3 rings (SSSR count). The average molecular weight is 789 g/mol. The van der Waals surface area contributed by atoms with E-state index in [0.717, 1.165) is 42.1 Å². The SMILES string of the molecule is [3H]C1CC(OP(=O)(O)OC2CC(Cn3cc(/C=C/C(=O)NCCCCN)c(=O)[nH]c3=O)OC2CCCOP(=O)(O)OCCCCCCS)C(CO)O1. The van der Waals surface area contributed by atoms with Crippen molar-refractivity contribution in [2.45, 2.75) is 101 Å². The third-order valence-electron chi connectivity index (χ3n) is 7.99. The molecule has 2 saturated heterocycles. The number of aromatic amines is 1. The molecule has 8 unspecified atom stereocenters. The Labute approximate surface area is 303 Å². The second-order valence-corrected chi connectivity index (χ2v) is 15.3. The van der Waals surface area contributed by atoms with Gasteiger partial charge in [-0.2, -0.15) is 12.6 Å². The van der Waals surface area contributed by atoms with Gasteiger partial charge in [-0.05, 0) is 56.9 Å². The van der Waals surface area contributed by atoms with E-state index in [1.54, 1.807) is 0 Å². The van der Waals surface area contributed by atoms with Gasteiger partial charge < -0.3 is 35.4 Å². The Hall–Kier alpha value is -1.70. The Morgan fingerprint density at radius 3 is 2.53 bits per heavy atom. The summed E-state index contributed by atoms with van der Waals surface area (Å²) >= 11 is 4.15. The molecule has 0 bridgehead atoms. The summed E-state index contributed by atoms with van der Waals surface area (Å²) in [5.41, 5.74) is 3.99. The number of nitrogens with zero attached hydrogens (tertiary/aromatic N) is 1. The molecule has 292 valence electrons. The predicted molar refractivity (Wildman–Crippen MR) is 189 cm³/mol. The third kappa shape index (κ3) is 16.1. The molecule has 1 amide bonds. The summed E-state index contributed by atoms with van der Waals surface area (Å²) in [5.74, 6) is 0.323. The lowest BCUT2D eigenvalue weighted by molar-refractivity contribution is -0.116. The molecule has 51 heavy (non-hydrogen) atoms. The van der Waals surface area contributed by atoms with Crippen LogP contribution in [0.25, 0.3) is 6.08 Å². The zero-order chi connectivity index (χ0) is 38.1. The lowest BCUT2D eigenvalue weighted by Crippen LogP contribution is -2.34. The van der Waals surface area contributed by atoms with Crippen molar-refractivity contribution in [2.75, 3.05) is 45.2 Å². The number of carbonyl (C=O) groups excluding carboxylic acids is 1. The van der Waals surface area contributed by atoms with Gasteiger partial charge in [0.25, 0.3) is 5.56 Å². The van der Waals surface area contributed by atoms with Crippen molar-refractivity contribution in [3.8, 4) is 0 Å². The maximum absolute atomic E-state index is 13.1. The van der Waals surface area contributed by atoms with E-state index in [1.165, 1.54) is 12.3 Å². The maximum atomic E-state index is 13.1. The standard InChI is InChI=1S/C30H52N4O14P2S/c31-12-3-4-13-32-28(36)10-9-22-19-34(30(38)33-29(22)37)20-23-18-26(48-50(41,42)47-25-11-16-43-27(25)21-35)24(46-23)8-7-15-45-49(39,40)44-14-5-1-2-6-17-51/h9-10,19,23-27,35,51H,1-8,11-18,20-21,31H2,(H,32,36)(H,39,40)(H,41,42)(H,33,37,38)/b10-9+/i16T. The second-order valence-electron chi connectivity index (χ2n) is 12.1. The molecular weight excluding hydrogens is 734 g/mol. The van der Waals surface area contributed by atoms with Crippen LogP contribution in [0.2, 0.25) is 0 Å². The molecule has 0 saturated carbocycles. The molecule has 18 nitrogen and oxygen atoms in total. The molecule has 7 N–H and O–H groups in total. The fourth-order valence-corrected chi connectivity index (χ4v) is 7.59. The summed E-state index contributed by atoms with van der Waals surface area (Å²) in [6, 6.07) is 0. The number of carbonyl (C=O) groups is 1. The van der Waals surface area contributed by atoms with E-state index in [4.69, 9.17) is 34.7 Å². The third-order valence-corrected chi connectivity index (χ3v) is 10.4. The van der Waals surface area contributed by atoms with Gasteiger partial charge in [-0.3, -0.25) is 37.2 Å². The zero-order valence-corrected chi connectivity index (χ0v) is 31.1. The van der Waals surface area contributed by atoms with Gasteiger partial charge in [-0.25, -0.2) is 13.9 Å².